The van der Waals surface area contributed by atoms with Gasteiger partial charge in [-0.1, -0.05) is 25.1 Å². The average molecular weight is 242 g/mol. The van der Waals surface area contributed by atoms with Gasteiger partial charge in [-0.25, -0.2) is 0 Å². The maximum Gasteiger partial charge on any atom is 0.151 e. The number of carbonyl (C=O) groups is 1. The molecule has 0 aliphatic heterocycles. The summed E-state index contributed by atoms with van der Waals surface area (Å²) >= 11 is 5.46. The first kappa shape index (κ1) is 15.1. The number of carbonyl (C=O) groups excluding carboxylic acids is 1. The van der Waals surface area contributed by atoms with Crippen LogP contribution < -0.4 is 5.73 Å². The second-order valence-corrected chi connectivity index (χ2v) is 3.89. The Hall–Kier alpha value is -0.860. The van der Waals surface area contributed by atoms with E-state index in [1.54, 1.807) is 0 Å². The predicted octanol–water partition coefficient (Wildman–Crippen LogP) is 2.62. The molecule has 0 aliphatic carbocycles. The SMILES string of the molecule is CCN.Cc1cccc(C)c1CC(=O)CCl. The minimum absolute atomic E-state index is 0.0825. The molecule has 16 heavy (non-hydrogen) atoms. The molecule has 0 heterocycles. The van der Waals surface area contributed by atoms with Crippen molar-refractivity contribution in [1.29, 1.82) is 0 Å². The minimum Gasteiger partial charge on any atom is -0.331 e. The van der Waals surface area contributed by atoms with Gasteiger partial charge in [0.25, 0.3) is 0 Å². The number of hydrogen-bond donors (Lipinski definition) is 1. The smallest absolute Gasteiger partial charge is 0.151 e. The fraction of sp³-hybridized carbons (Fsp3) is 0.462. The zero-order valence-electron chi connectivity index (χ0n) is 10.2. The molecule has 90 valence electrons. The molecule has 0 saturated heterocycles. The molecule has 0 amide bonds. The van der Waals surface area contributed by atoms with Crippen LogP contribution in [-0.4, -0.2) is 18.2 Å². The summed E-state index contributed by atoms with van der Waals surface area (Å²) in [5.41, 5.74) is 8.30. The molecule has 0 atom stereocenters. The Morgan fingerprint density at radius 3 is 2.12 bits per heavy atom. The van der Waals surface area contributed by atoms with Crippen LogP contribution in [0.25, 0.3) is 0 Å². The van der Waals surface area contributed by atoms with Crippen molar-refractivity contribution >= 4 is 17.4 Å². The first-order valence-corrected chi connectivity index (χ1v) is 5.93. The van der Waals surface area contributed by atoms with Crippen molar-refractivity contribution < 1.29 is 4.79 Å². The van der Waals surface area contributed by atoms with E-state index < -0.39 is 0 Å². The third kappa shape index (κ3) is 5.29. The number of ketones is 1. The number of halogens is 1. The molecule has 2 N–H and O–H groups in total. The standard InChI is InChI=1S/C11H13ClO.C2H7N/c1-8-4-3-5-9(2)11(8)6-10(13)7-12;1-2-3/h3-5H,6-7H2,1-2H3;2-3H2,1H3. The Bertz CT molecular complexity index is 316. The van der Waals surface area contributed by atoms with E-state index in [1.807, 2.05) is 39.0 Å². The monoisotopic (exact) mass is 241 g/mol. The van der Waals surface area contributed by atoms with Gasteiger partial charge in [-0.3, -0.25) is 4.79 Å². The number of Topliss-reactive ketones (excluding diaryl/α,β-unsaturated/α-hetero) is 1. The summed E-state index contributed by atoms with van der Waals surface area (Å²) in [5.74, 6) is 0.187. The van der Waals surface area contributed by atoms with Crippen molar-refractivity contribution in [3.8, 4) is 0 Å². The third-order valence-electron chi connectivity index (χ3n) is 2.17. The molecule has 0 spiro atoms. The van der Waals surface area contributed by atoms with Gasteiger partial charge in [-0.15, -0.1) is 11.6 Å². The lowest BCUT2D eigenvalue weighted by Gasteiger charge is -2.07. The van der Waals surface area contributed by atoms with Crippen LogP contribution in [0, 0.1) is 13.8 Å². The van der Waals surface area contributed by atoms with Crippen molar-refractivity contribution in [2.45, 2.75) is 27.2 Å². The second-order valence-electron chi connectivity index (χ2n) is 3.63. The van der Waals surface area contributed by atoms with Gasteiger partial charge in [0.05, 0.1) is 5.88 Å². The van der Waals surface area contributed by atoms with E-state index in [9.17, 15) is 4.79 Å². The summed E-state index contributed by atoms with van der Waals surface area (Å²) in [7, 11) is 0. The van der Waals surface area contributed by atoms with Crippen molar-refractivity contribution in [3.63, 3.8) is 0 Å². The van der Waals surface area contributed by atoms with Crippen LogP contribution in [0.5, 0.6) is 0 Å². The molecule has 2 nitrogen and oxygen atoms in total. The summed E-state index contributed by atoms with van der Waals surface area (Å²) in [6.45, 7) is 6.69. The molecule has 3 heteroatoms. The van der Waals surface area contributed by atoms with Crippen LogP contribution in [0.3, 0.4) is 0 Å². The molecule has 0 bridgehead atoms. The number of rotatable bonds is 3. The van der Waals surface area contributed by atoms with E-state index in [4.69, 9.17) is 17.3 Å². The highest BCUT2D eigenvalue weighted by Gasteiger charge is 2.06. The fourth-order valence-electron chi connectivity index (χ4n) is 1.37. The quantitative estimate of drug-likeness (QED) is 0.827. The highest BCUT2D eigenvalue weighted by atomic mass is 35.5. The molecule has 0 saturated carbocycles. The van der Waals surface area contributed by atoms with E-state index in [0.717, 1.165) is 12.1 Å². The molecule has 0 radical (unpaired) electrons. The summed E-state index contributed by atoms with van der Waals surface area (Å²) in [4.78, 5) is 11.2. The van der Waals surface area contributed by atoms with E-state index in [-0.39, 0.29) is 11.7 Å². The van der Waals surface area contributed by atoms with Gasteiger partial charge in [0.15, 0.2) is 5.78 Å². The Morgan fingerprint density at radius 1 is 1.31 bits per heavy atom. The normalized spacial score (nSPS) is 9.31. The van der Waals surface area contributed by atoms with Crippen LogP contribution in [0.2, 0.25) is 0 Å². The maximum atomic E-state index is 11.2. The lowest BCUT2D eigenvalue weighted by molar-refractivity contribution is -0.116. The van der Waals surface area contributed by atoms with Crippen molar-refractivity contribution in [1.82, 2.24) is 0 Å². The summed E-state index contributed by atoms with van der Waals surface area (Å²) in [5, 5.41) is 0. The van der Waals surface area contributed by atoms with E-state index in [1.165, 1.54) is 11.1 Å². The zero-order chi connectivity index (χ0) is 12.6. The van der Waals surface area contributed by atoms with Gasteiger partial charge in [0.2, 0.25) is 0 Å². The zero-order valence-corrected chi connectivity index (χ0v) is 11.0. The Morgan fingerprint density at radius 2 is 1.75 bits per heavy atom. The fourth-order valence-corrected chi connectivity index (χ4v) is 1.47. The average Bonchev–Trinajstić information content (AvgIpc) is 2.24. The number of nitrogens with two attached hydrogens (primary N) is 1. The third-order valence-corrected chi connectivity index (χ3v) is 2.47. The van der Waals surface area contributed by atoms with Gasteiger partial charge < -0.3 is 5.73 Å². The number of alkyl halides is 1. The van der Waals surface area contributed by atoms with Gasteiger partial charge in [0, 0.05) is 6.42 Å². The van der Waals surface area contributed by atoms with Crippen molar-refractivity contribution in [3.05, 3.63) is 34.9 Å². The first-order chi connectivity index (χ1) is 7.56. The Balaban J connectivity index is 0.000000673. The van der Waals surface area contributed by atoms with Crippen molar-refractivity contribution in [2.24, 2.45) is 5.73 Å². The molecule has 0 fully saturated rings. The summed E-state index contributed by atoms with van der Waals surface area (Å²) in [6.07, 6.45) is 0.460. The van der Waals surface area contributed by atoms with Crippen molar-refractivity contribution in [2.75, 3.05) is 12.4 Å². The topological polar surface area (TPSA) is 43.1 Å². The Labute approximate surface area is 103 Å². The largest absolute Gasteiger partial charge is 0.331 e. The highest BCUT2D eigenvalue weighted by Crippen LogP contribution is 2.14. The van der Waals surface area contributed by atoms with E-state index >= 15 is 0 Å². The number of aryl methyl sites for hydroxylation is 2. The number of hydrogen-bond acceptors (Lipinski definition) is 2. The molecular weight excluding hydrogens is 222 g/mol. The Kier molecular flexibility index (Phi) is 7.86. The van der Waals surface area contributed by atoms with Gasteiger partial charge in [-0.2, -0.15) is 0 Å². The summed E-state index contributed by atoms with van der Waals surface area (Å²) < 4.78 is 0. The molecule has 1 aromatic carbocycles. The maximum absolute atomic E-state index is 11.2. The number of benzene rings is 1. The molecule has 0 aromatic heterocycles. The van der Waals surface area contributed by atoms with E-state index in [2.05, 4.69) is 0 Å². The lowest BCUT2D eigenvalue weighted by Crippen LogP contribution is -2.06. The molecule has 1 aromatic rings. The van der Waals surface area contributed by atoms with Gasteiger partial charge >= 0.3 is 0 Å². The predicted molar refractivity (Wildman–Crippen MR) is 70.1 cm³/mol. The highest BCUT2D eigenvalue weighted by molar-refractivity contribution is 6.27. The second kappa shape index (κ2) is 8.31. The van der Waals surface area contributed by atoms with Crippen LogP contribution in [0.15, 0.2) is 18.2 Å². The lowest BCUT2D eigenvalue weighted by atomic mass is 9.99. The molecule has 0 unspecified atom stereocenters. The molecule has 1 rings (SSSR count). The minimum atomic E-state index is 0.0825. The van der Waals surface area contributed by atoms with Gasteiger partial charge in [0.1, 0.15) is 0 Å². The van der Waals surface area contributed by atoms with Gasteiger partial charge in [-0.05, 0) is 37.1 Å². The van der Waals surface area contributed by atoms with Crippen LogP contribution in [0.1, 0.15) is 23.6 Å². The molecule has 0 aliphatic rings. The van der Waals surface area contributed by atoms with Crippen LogP contribution >= 0.6 is 11.6 Å². The summed E-state index contributed by atoms with van der Waals surface area (Å²) in [6, 6.07) is 6.03. The molecular formula is C13H20ClNO. The van der Waals surface area contributed by atoms with Crippen LogP contribution in [0.4, 0.5) is 0 Å². The van der Waals surface area contributed by atoms with E-state index in [0.29, 0.717) is 6.42 Å². The first-order valence-electron chi connectivity index (χ1n) is 5.39. The van der Waals surface area contributed by atoms with Crippen LogP contribution in [-0.2, 0) is 11.2 Å².